The van der Waals surface area contributed by atoms with Crippen LogP contribution >= 0.6 is 34.4 Å². The lowest BCUT2D eigenvalue weighted by atomic mass is 10.0. The maximum Gasteiger partial charge on any atom is 0.358 e. The van der Waals surface area contributed by atoms with Crippen molar-refractivity contribution in [2.24, 2.45) is 5.16 Å². The molecule has 2 aliphatic heterocycles. The fourth-order valence-corrected chi connectivity index (χ4v) is 6.33. The highest BCUT2D eigenvalue weighted by Gasteiger charge is 2.54. The summed E-state index contributed by atoms with van der Waals surface area (Å²) < 4.78 is 10.2. The first-order valence-corrected chi connectivity index (χ1v) is 14.2. The Morgan fingerprint density at radius 3 is 2.67 bits per heavy atom. The molecule has 4 rings (SSSR count). The van der Waals surface area contributed by atoms with Gasteiger partial charge in [-0.1, -0.05) is 11.2 Å². The Hall–Kier alpha value is -3.76. The molecule has 3 N–H and O–H groups in total. The highest BCUT2D eigenvalue weighted by atomic mass is 32.2. The topological polar surface area (TPSA) is 175 Å². The van der Waals surface area contributed by atoms with Crippen LogP contribution in [0.3, 0.4) is 0 Å². The summed E-state index contributed by atoms with van der Waals surface area (Å²) in [7, 11) is 1.28. The van der Waals surface area contributed by atoms with Crippen molar-refractivity contribution in [2.45, 2.75) is 38.5 Å². The number of nitrogens with two attached hydrogens (primary N) is 1. The number of oxime groups is 1. The minimum absolute atomic E-state index is 0.00438. The first-order valence-electron chi connectivity index (χ1n) is 11.4. The standard InChI is InChI=1S/C23H24N6O7S3/c1-10-15(39-9-25-10)6-5-13-7-37-21-17(27-19(31)16(28-34-4)14-8-38-23(24)26-14)20(32)29(21)18(13)22(33)36-12(3)35-11(2)30/h5-6,8-9,12,17,21H,7H2,1-4H3,(H2,24,26)(H,27,31)/b6-5+,28-16+/t12?,17?,21-/m1/s1. The van der Waals surface area contributed by atoms with Crippen LogP contribution in [0.5, 0.6) is 0 Å². The van der Waals surface area contributed by atoms with Crippen LogP contribution < -0.4 is 11.1 Å². The number of amides is 2. The van der Waals surface area contributed by atoms with Gasteiger partial charge >= 0.3 is 11.9 Å². The number of aromatic nitrogens is 2. The molecule has 2 aromatic heterocycles. The van der Waals surface area contributed by atoms with Crippen molar-refractivity contribution in [1.82, 2.24) is 20.2 Å². The van der Waals surface area contributed by atoms with Gasteiger partial charge in [-0.2, -0.15) is 0 Å². The number of ether oxygens (including phenoxy) is 2. The van der Waals surface area contributed by atoms with E-state index in [9.17, 15) is 19.2 Å². The molecule has 13 nitrogen and oxygen atoms in total. The van der Waals surface area contributed by atoms with E-state index in [1.54, 1.807) is 17.0 Å². The van der Waals surface area contributed by atoms with Crippen LogP contribution in [0.4, 0.5) is 5.13 Å². The first-order chi connectivity index (χ1) is 18.6. The van der Waals surface area contributed by atoms with Crippen molar-refractivity contribution < 1.29 is 33.5 Å². The first kappa shape index (κ1) is 28.3. The summed E-state index contributed by atoms with van der Waals surface area (Å²) in [5, 5.41) is 7.58. The van der Waals surface area contributed by atoms with Gasteiger partial charge in [0.1, 0.15) is 29.9 Å². The third-order valence-electron chi connectivity index (χ3n) is 5.46. The third-order valence-corrected chi connectivity index (χ3v) is 8.34. The van der Waals surface area contributed by atoms with Crippen molar-refractivity contribution in [3.05, 3.63) is 44.5 Å². The van der Waals surface area contributed by atoms with E-state index >= 15 is 0 Å². The Morgan fingerprint density at radius 2 is 2.05 bits per heavy atom. The maximum atomic E-state index is 13.3. The normalized spacial score (nSPS) is 19.8. The summed E-state index contributed by atoms with van der Waals surface area (Å²) >= 11 is 3.92. The molecular weight excluding hydrogens is 568 g/mol. The zero-order valence-electron chi connectivity index (χ0n) is 21.2. The van der Waals surface area contributed by atoms with Crippen molar-refractivity contribution >= 4 is 75.1 Å². The molecule has 0 radical (unpaired) electrons. The lowest BCUT2D eigenvalue weighted by Crippen LogP contribution is -2.71. The number of hydrogen-bond acceptors (Lipinski definition) is 14. The van der Waals surface area contributed by atoms with E-state index in [2.05, 4.69) is 20.4 Å². The SMILES string of the molecule is CO/N=C(/C(=O)NC1C(=O)N2C(C(=O)OC(C)OC(C)=O)=C(/C=C/c3scnc3C)CS[C@H]12)c1csc(N)n1. The van der Waals surface area contributed by atoms with Crippen LogP contribution in [0, 0.1) is 6.92 Å². The highest BCUT2D eigenvalue weighted by molar-refractivity contribution is 8.00. The number of thioether (sulfide) groups is 1. The van der Waals surface area contributed by atoms with Gasteiger partial charge in [0.2, 0.25) is 6.29 Å². The van der Waals surface area contributed by atoms with Crippen LogP contribution in [0.1, 0.15) is 30.1 Å². The number of nitrogen functional groups attached to an aromatic ring is 1. The summed E-state index contributed by atoms with van der Waals surface area (Å²) in [6.07, 6.45) is 2.36. The summed E-state index contributed by atoms with van der Waals surface area (Å²) in [4.78, 5) is 66.0. The molecule has 3 atom stereocenters. The Balaban J connectivity index is 1.59. The molecule has 2 aromatic rings. The Morgan fingerprint density at radius 1 is 1.28 bits per heavy atom. The van der Waals surface area contributed by atoms with Crippen LogP contribution in [0.15, 0.2) is 33.4 Å². The van der Waals surface area contributed by atoms with Gasteiger partial charge in [0.25, 0.3) is 11.8 Å². The molecule has 1 fully saturated rings. The zero-order valence-corrected chi connectivity index (χ0v) is 23.6. The largest absolute Gasteiger partial charge is 0.426 e. The van der Waals surface area contributed by atoms with Gasteiger partial charge in [0.05, 0.1) is 11.2 Å². The van der Waals surface area contributed by atoms with Crippen molar-refractivity contribution in [3.63, 3.8) is 0 Å². The average molecular weight is 593 g/mol. The number of rotatable bonds is 9. The van der Waals surface area contributed by atoms with Crippen LogP contribution in [0.2, 0.25) is 0 Å². The molecule has 2 amide bonds. The second kappa shape index (κ2) is 12.0. The van der Waals surface area contributed by atoms with Crippen LogP contribution in [0.25, 0.3) is 6.08 Å². The zero-order chi connectivity index (χ0) is 28.3. The summed E-state index contributed by atoms with van der Waals surface area (Å²) in [5.41, 5.74) is 8.79. The number of fused-ring (bicyclic) bond motifs is 1. The monoisotopic (exact) mass is 592 g/mol. The number of esters is 2. The number of anilines is 1. The quantitative estimate of drug-likeness (QED) is 0.142. The molecular formula is C23H24N6O7S3. The van der Waals surface area contributed by atoms with Gasteiger partial charge in [0.15, 0.2) is 10.8 Å². The van der Waals surface area contributed by atoms with Gasteiger partial charge in [-0.3, -0.25) is 19.3 Å². The molecule has 2 aliphatic rings. The van der Waals surface area contributed by atoms with Gasteiger partial charge in [-0.25, -0.2) is 14.8 Å². The number of carbonyl (C=O) groups is 4. The Labute approximate surface area is 235 Å². The van der Waals surface area contributed by atoms with Gasteiger partial charge in [-0.15, -0.1) is 34.4 Å². The average Bonchev–Trinajstić information content (AvgIpc) is 3.50. The maximum absolute atomic E-state index is 13.3. The molecule has 0 saturated carbocycles. The molecule has 206 valence electrons. The van der Waals surface area contributed by atoms with E-state index < -0.39 is 41.5 Å². The number of carbonyl (C=O) groups excluding carboxylic acids is 4. The summed E-state index contributed by atoms with van der Waals surface area (Å²) in [6.45, 7) is 4.45. The minimum Gasteiger partial charge on any atom is -0.426 e. The van der Waals surface area contributed by atoms with E-state index in [-0.39, 0.29) is 22.2 Å². The molecule has 0 spiro atoms. The highest BCUT2D eigenvalue weighted by Crippen LogP contribution is 2.41. The molecule has 1 saturated heterocycles. The van der Waals surface area contributed by atoms with Crippen molar-refractivity contribution in [3.8, 4) is 0 Å². The number of nitrogens with zero attached hydrogens (tertiary/aromatic N) is 4. The van der Waals surface area contributed by atoms with Gasteiger partial charge in [-0.05, 0) is 18.6 Å². The lowest BCUT2D eigenvalue weighted by molar-refractivity contribution is -0.182. The van der Waals surface area contributed by atoms with E-state index in [1.165, 1.54) is 49.0 Å². The van der Waals surface area contributed by atoms with E-state index in [0.717, 1.165) is 21.9 Å². The van der Waals surface area contributed by atoms with Crippen LogP contribution in [-0.2, 0) is 33.5 Å². The van der Waals surface area contributed by atoms with Crippen LogP contribution in [-0.4, -0.2) is 74.9 Å². The number of allylic oxidation sites excluding steroid dienone is 1. The second-order valence-corrected chi connectivity index (χ2v) is 11.0. The smallest absolute Gasteiger partial charge is 0.358 e. The lowest BCUT2D eigenvalue weighted by Gasteiger charge is -2.49. The summed E-state index contributed by atoms with van der Waals surface area (Å²) in [6, 6.07) is -0.955. The van der Waals surface area contributed by atoms with E-state index in [4.69, 9.17) is 20.0 Å². The molecule has 2 unspecified atom stereocenters. The van der Waals surface area contributed by atoms with E-state index in [0.29, 0.717) is 11.3 Å². The van der Waals surface area contributed by atoms with E-state index in [1.807, 2.05) is 13.0 Å². The molecule has 39 heavy (non-hydrogen) atoms. The number of β-lactam (4-membered cyclic amide) rings is 1. The Bertz CT molecular complexity index is 1400. The second-order valence-electron chi connectivity index (χ2n) is 8.15. The number of nitrogens with one attached hydrogen (secondary N) is 1. The fraction of sp³-hybridized carbons (Fsp3) is 0.348. The number of hydrogen-bond donors (Lipinski definition) is 2. The molecule has 0 aromatic carbocycles. The Kier molecular flexibility index (Phi) is 8.66. The predicted octanol–water partition coefficient (Wildman–Crippen LogP) is 1.66. The van der Waals surface area contributed by atoms with Crippen molar-refractivity contribution in [1.29, 1.82) is 0 Å². The molecule has 0 bridgehead atoms. The molecule has 16 heteroatoms. The number of aryl methyl sites for hydroxylation is 1. The molecule has 4 heterocycles. The predicted molar refractivity (Wildman–Crippen MR) is 145 cm³/mol. The molecule has 0 aliphatic carbocycles. The van der Waals surface area contributed by atoms with Gasteiger partial charge < -0.3 is 25.4 Å². The van der Waals surface area contributed by atoms with Gasteiger partial charge in [0, 0.05) is 29.9 Å². The minimum atomic E-state index is -1.17. The summed E-state index contributed by atoms with van der Waals surface area (Å²) in [5.74, 6) is -2.35. The fourth-order valence-electron chi connectivity index (χ4n) is 3.77. The van der Waals surface area contributed by atoms with Crippen molar-refractivity contribution in [2.75, 3.05) is 18.6 Å². The third kappa shape index (κ3) is 6.12. The number of thiazole rings is 2.